The molecule has 2 aromatic rings. The molecule has 3 nitrogen and oxygen atoms in total. The number of hydrogen-bond acceptors (Lipinski definition) is 2. The van der Waals surface area contributed by atoms with Crippen LogP contribution in [-0.2, 0) is 6.42 Å². The molecule has 0 amide bonds. The Kier molecular flexibility index (Phi) is 2.93. The van der Waals surface area contributed by atoms with Gasteiger partial charge in [-0.1, -0.05) is 18.5 Å². The Morgan fingerprint density at radius 3 is 3.13 bits per heavy atom. The number of imidazole rings is 1. The highest BCUT2D eigenvalue weighted by molar-refractivity contribution is 6.32. The van der Waals surface area contributed by atoms with Crippen LogP contribution >= 0.6 is 11.6 Å². The summed E-state index contributed by atoms with van der Waals surface area (Å²) in [4.78, 5) is 4.04. The minimum atomic E-state index is 0.495. The van der Waals surface area contributed by atoms with Gasteiger partial charge in [0, 0.05) is 6.20 Å². The molecule has 0 radical (unpaired) electrons. The van der Waals surface area contributed by atoms with Gasteiger partial charge in [-0.25, -0.2) is 4.98 Å². The van der Waals surface area contributed by atoms with Gasteiger partial charge in [0.2, 0.25) is 0 Å². The third-order valence-electron chi connectivity index (χ3n) is 2.54. The summed E-state index contributed by atoms with van der Waals surface area (Å²) in [7, 11) is 0. The normalized spacial score (nSPS) is 13.3. The average Bonchev–Trinajstić information content (AvgIpc) is 2.60. The summed E-state index contributed by atoms with van der Waals surface area (Å²) < 4.78 is 1.92. The van der Waals surface area contributed by atoms with Gasteiger partial charge in [0.05, 0.1) is 5.52 Å². The lowest BCUT2D eigenvalue weighted by Crippen LogP contribution is -2.13. The minimum absolute atomic E-state index is 0.495. The number of pyridine rings is 1. The first kappa shape index (κ1) is 10.5. The van der Waals surface area contributed by atoms with Gasteiger partial charge in [-0.05, 0) is 36.6 Å². The van der Waals surface area contributed by atoms with E-state index in [2.05, 4.69) is 24.0 Å². The Morgan fingerprint density at radius 1 is 1.60 bits per heavy atom. The van der Waals surface area contributed by atoms with Crippen molar-refractivity contribution in [3.8, 4) is 0 Å². The van der Waals surface area contributed by atoms with Crippen molar-refractivity contribution in [2.24, 2.45) is 11.7 Å². The van der Waals surface area contributed by atoms with Crippen molar-refractivity contribution in [1.29, 1.82) is 0 Å². The highest BCUT2D eigenvalue weighted by atomic mass is 35.5. The molecule has 15 heavy (non-hydrogen) atoms. The Morgan fingerprint density at radius 2 is 2.40 bits per heavy atom. The third-order valence-corrected chi connectivity index (χ3v) is 2.83. The second-order valence-corrected chi connectivity index (χ2v) is 4.27. The van der Waals surface area contributed by atoms with Gasteiger partial charge in [-0.2, -0.15) is 0 Å². The Labute approximate surface area is 93.9 Å². The number of fused-ring (bicyclic) bond motifs is 1. The average molecular weight is 224 g/mol. The van der Waals surface area contributed by atoms with Crippen molar-refractivity contribution in [2.45, 2.75) is 13.3 Å². The van der Waals surface area contributed by atoms with Crippen molar-refractivity contribution >= 4 is 17.1 Å². The minimum Gasteiger partial charge on any atom is -0.330 e. The zero-order chi connectivity index (χ0) is 10.8. The molecule has 0 spiro atoms. The molecule has 0 saturated carbocycles. The first-order valence-electron chi connectivity index (χ1n) is 5.02. The number of halogens is 1. The van der Waals surface area contributed by atoms with E-state index in [1.807, 2.05) is 10.6 Å². The first-order chi connectivity index (χ1) is 7.20. The third kappa shape index (κ3) is 2.13. The molecular weight excluding hydrogens is 210 g/mol. The first-order valence-corrected chi connectivity index (χ1v) is 5.39. The second-order valence-electron chi connectivity index (χ2n) is 3.91. The fourth-order valence-corrected chi connectivity index (χ4v) is 1.81. The second kappa shape index (κ2) is 4.21. The van der Waals surface area contributed by atoms with Crippen LogP contribution < -0.4 is 5.73 Å². The number of hydrogen-bond donors (Lipinski definition) is 1. The molecular formula is C11H14ClN3. The number of nitrogens with zero attached hydrogens (tertiary/aromatic N) is 2. The number of rotatable bonds is 3. The molecule has 0 aliphatic carbocycles. The van der Waals surface area contributed by atoms with Crippen LogP contribution in [-0.4, -0.2) is 15.9 Å². The molecule has 1 atom stereocenters. The lowest BCUT2D eigenvalue weighted by Gasteiger charge is -2.08. The molecule has 4 heteroatoms. The number of aromatic nitrogens is 2. The lowest BCUT2D eigenvalue weighted by molar-refractivity contribution is 0.593. The Hall–Kier alpha value is -1.06. The molecule has 0 aliphatic rings. The van der Waals surface area contributed by atoms with Gasteiger partial charge in [0.15, 0.2) is 5.15 Å². The maximum Gasteiger partial charge on any atom is 0.154 e. The standard InChI is InChI=1S/C11H14ClN3/c1-8(6-13)4-9-2-3-15-7-14-11(12)10(15)5-9/h2-3,5,7-8H,4,6,13H2,1H3. The molecule has 80 valence electrons. The van der Waals surface area contributed by atoms with Crippen LogP contribution in [0.25, 0.3) is 5.52 Å². The summed E-state index contributed by atoms with van der Waals surface area (Å²) in [6.07, 6.45) is 4.68. The van der Waals surface area contributed by atoms with Crippen LogP contribution in [0.1, 0.15) is 12.5 Å². The van der Waals surface area contributed by atoms with E-state index in [-0.39, 0.29) is 0 Å². The van der Waals surface area contributed by atoms with E-state index in [0.29, 0.717) is 17.6 Å². The molecule has 0 aromatic carbocycles. The summed E-state index contributed by atoms with van der Waals surface area (Å²) in [5, 5.41) is 0.553. The molecule has 0 bridgehead atoms. The Bertz CT molecular complexity index is 464. The van der Waals surface area contributed by atoms with Gasteiger partial charge in [0.25, 0.3) is 0 Å². The van der Waals surface area contributed by atoms with Crippen LogP contribution in [0.15, 0.2) is 24.7 Å². The van der Waals surface area contributed by atoms with Crippen molar-refractivity contribution in [3.63, 3.8) is 0 Å². The van der Waals surface area contributed by atoms with Gasteiger partial charge in [-0.3, -0.25) is 0 Å². The zero-order valence-electron chi connectivity index (χ0n) is 8.65. The SMILES string of the molecule is CC(CN)Cc1ccn2cnc(Cl)c2c1. The van der Waals surface area contributed by atoms with Gasteiger partial charge >= 0.3 is 0 Å². The summed E-state index contributed by atoms with van der Waals surface area (Å²) in [6.45, 7) is 2.85. The summed E-state index contributed by atoms with van der Waals surface area (Å²) in [5.74, 6) is 0.495. The molecule has 2 aromatic heterocycles. The monoisotopic (exact) mass is 223 g/mol. The molecule has 2 heterocycles. The van der Waals surface area contributed by atoms with Crippen molar-refractivity contribution in [1.82, 2.24) is 9.38 Å². The van der Waals surface area contributed by atoms with Crippen LogP contribution in [0, 0.1) is 5.92 Å². The molecule has 2 rings (SSSR count). The predicted octanol–water partition coefficient (Wildman–Crippen LogP) is 2.12. The van der Waals surface area contributed by atoms with Crippen LogP contribution in [0.4, 0.5) is 0 Å². The molecule has 1 unspecified atom stereocenters. The van der Waals surface area contributed by atoms with E-state index >= 15 is 0 Å². The van der Waals surface area contributed by atoms with Crippen molar-refractivity contribution < 1.29 is 0 Å². The molecule has 0 saturated heterocycles. The van der Waals surface area contributed by atoms with Gasteiger partial charge in [0.1, 0.15) is 6.33 Å². The van der Waals surface area contributed by atoms with E-state index < -0.39 is 0 Å². The molecule has 2 N–H and O–H groups in total. The zero-order valence-corrected chi connectivity index (χ0v) is 9.41. The number of nitrogens with two attached hydrogens (primary N) is 1. The summed E-state index contributed by atoms with van der Waals surface area (Å²) >= 11 is 5.96. The van der Waals surface area contributed by atoms with E-state index in [0.717, 1.165) is 11.9 Å². The topological polar surface area (TPSA) is 43.3 Å². The summed E-state index contributed by atoms with van der Waals surface area (Å²) in [5.41, 5.74) is 7.81. The molecule has 0 aliphatic heterocycles. The lowest BCUT2D eigenvalue weighted by atomic mass is 10.0. The van der Waals surface area contributed by atoms with Crippen LogP contribution in [0.3, 0.4) is 0 Å². The van der Waals surface area contributed by atoms with E-state index in [1.54, 1.807) is 6.33 Å². The van der Waals surface area contributed by atoms with Crippen molar-refractivity contribution in [2.75, 3.05) is 6.54 Å². The quantitative estimate of drug-likeness (QED) is 0.866. The summed E-state index contributed by atoms with van der Waals surface area (Å²) in [6, 6.07) is 4.15. The van der Waals surface area contributed by atoms with Crippen molar-refractivity contribution in [3.05, 3.63) is 35.4 Å². The van der Waals surface area contributed by atoms with Crippen LogP contribution in [0.5, 0.6) is 0 Å². The fraction of sp³-hybridized carbons (Fsp3) is 0.364. The highest BCUT2D eigenvalue weighted by Crippen LogP contribution is 2.17. The van der Waals surface area contributed by atoms with E-state index in [9.17, 15) is 0 Å². The van der Waals surface area contributed by atoms with E-state index in [1.165, 1.54) is 5.56 Å². The largest absolute Gasteiger partial charge is 0.330 e. The van der Waals surface area contributed by atoms with Gasteiger partial charge in [-0.15, -0.1) is 0 Å². The maximum atomic E-state index is 5.96. The highest BCUT2D eigenvalue weighted by Gasteiger charge is 2.05. The van der Waals surface area contributed by atoms with E-state index in [4.69, 9.17) is 17.3 Å². The maximum absolute atomic E-state index is 5.96. The molecule has 0 fully saturated rings. The fourth-order valence-electron chi connectivity index (χ4n) is 1.61. The van der Waals surface area contributed by atoms with Gasteiger partial charge < -0.3 is 10.1 Å². The van der Waals surface area contributed by atoms with Crippen LogP contribution in [0.2, 0.25) is 5.15 Å². The smallest absolute Gasteiger partial charge is 0.154 e. The predicted molar refractivity (Wildman–Crippen MR) is 62.1 cm³/mol. The Balaban J connectivity index is 2.33.